The van der Waals surface area contributed by atoms with Crippen molar-refractivity contribution in [3.05, 3.63) is 29.6 Å². The Bertz CT molecular complexity index is 583. The molecule has 0 heterocycles. The lowest BCUT2D eigenvalue weighted by molar-refractivity contribution is -0.150. The first-order valence-corrected chi connectivity index (χ1v) is 6.52. The van der Waals surface area contributed by atoms with Gasteiger partial charge in [0.05, 0.1) is 11.1 Å². The van der Waals surface area contributed by atoms with Crippen molar-refractivity contribution in [2.45, 2.75) is 32.1 Å². The van der Waals surface area contributed by atoms with E-state index in [2.05, 4.69) is 5.32 Å². The molecule has 1 amide bonds. The quantitative estimate of drug-likeness (QED) is 0.840. The standard InChI is InChI=1S/C14H14F3NO3/c15-8-5-10(17)11(6-9(8)16)18-12(19)7-14(13(20)21)3-1-2-4-14/h5-6H,1-4,7H2,(H,18,19)(H,20,21). The molecule has 0 aromatic heterocycles. The van der Waals surface area contributed by atoms with E-state index < -0.39 is 40.4 Å². The average Bonchev–Trinajstić information content (AvgIpc) is 2.85. The van der Waals surface area contributed by atoms with Crippen molar-refractivity contribution >= 4 is 17.6 Å². The Kier molecular flexibility index (Phi) is 4.20. The summed E-state index contributed by atoms with van der Waals surface area (Å²) in [6.07, 6.45) is 1.84. The lowest BCUT2D eigenvalue weighted by Gasteiger charge is -2.22. The van der Waals surface area contributed by atoms with Gasteiger partial charge in [-0.25, -0.2) is 13.2 Å². The number of amides is 1. The molecule has 2 N–H and O–H groups in total. The van der Waals surface area contributed by atoms with E-state index in [1.54, 1.807) is 0 Å². The number of carboxylic acids is 1. The van der Waals surface area contributed by atoms with Crippen molar-refractivity contribution in [3.63, 3.8) is 0 Å². The molecule has 7 heteroatoms. The molecule has 1 aliphatic rings. The van der Waals surface area contributed by atoms with Crippen molar-refractivity contribution in [1.82, 2.24) is 0 Å². The van der Waals surface area contributed by atoms with E-state index in [1.807, 2.05) is 0 Å². The minimum atomic E-state index is -1.36. The third kappa shape index (κ3) is 3.17. The Hall–Kier alpha value is -2.05. The molecule has 0 spiro atoms. The SMILES string of the molecule is O=C(CC1(C(=O)O)CCCC1)Nc1cc(F)c(F)cc1F. The summed E-state index contributed by atoms with van der Waals surface area (Å²) in [5, 5.41) is 11.4. The van der Waals surface area contributed by atoms with Crippen LogP contribution in [0.1, 0.15) is 32.1 Å². The summed E-state index contributed by atoms with van der Waals surface area (Å²) in [6, 6.07) is 0.859. The molecular weight excluding hydrogens is 287 g/mol. The third-order valence-electron chi connectivity index (χ3n) is 3.80. The maximum Gasteiger partial charge on any atom is 0.310 e. The average molecular weight is 301 g/mol. The molecular formula is C14H14F3NO3. The Morgan fingerprint density at radius 3 is 2.24 bits per heavy atom. The van der Waals surface area contributed by atoms with Gasteiger partial charge in [0.2, 0.25) is 5.91 Å². The number of hydrogen-bond acceptors (Lipinski definition) is 2. The van der Waals surface area contributed by atoms with Crippen molar-refractivity contribution < 1.29 is 27.9 Å². The largest absolute Gasteiger partial charge is 0.481 e. The topological polar surface area (TPSA) is 66.4 Å². The van der Waals surface area contributed by atoms with Gasteiger partial charge in [-0.1, -0.05) is 12.8 Å². The highest BCUT2D eigenvalue weighted by Gasteiger charge is 2.43. The highest BCUT2D eigenvalue weighted by Crippen LogP contribution is 2.41. The fourth-order valence-corrected chi connectivity index (χ4v) is 2.64. The molecule has 1 aromatic carbocycles. The van der Waals surface area contributed by atoms with Crippen molar-refractivity contribution in [3.8, 4) is 0 Å². The Morgan fingerprint density at radius 2 is 1.67 bits per heavy atom. The summed E-state index contributed by atoms with van der Waals surface area (Å²) >= 11 is 0. The van der Waals surface area contributed by atoms with Gasteiger partial charge in [0.1, 0.15) is 5.82 Å². The van der Waals surface area contributed by atoms with Crippen molar-refractivity contribution in [2.24, 2.45) is 5.41 Å². The van der Waals surface area contributed by atoms with Gasteiger partial charge in [-0.15, -0.1) is 0 Å². The zero-order valence-electron chi connectivity index (χ0n) is 11.1. The minimum Gasteiger partial charge on any atom is -0.481 e. The third-order valence-corrected chi connectivity index (χ3v) is 3.80. The van der Waals surface area contributed by atoms with Gasteiger partial charge in [0, 0.05) is 18.6 Å². The predicted octanol–water partition coefficient (Wildman–Crippen LogP) is 3.08. The second-order valence-electron chi connectivity index (χ2n) is 5.26. The number of carboxylic acid groups (broad SMARTS) is 1. The van der Waals surface area contributed by atoms with Crippen molar-refractivity contribution in [1.29, 1.82) is 0 Å². The van der Waals surface area contributed by atoms with Crippen LogP contribution in [0.25, 0.3) is 0 Å². The zero-order valence-corrected chi connectivity index (χ0v) is 11.1. The van der Waals surface area contributed by atoms with Gasteiger partial charge in [-0.05, 0) is 12.8 Å². The second kappa shape index (κ2) is 5.75. The molecule has 4 nitrogen and oxygen atoms in total. The number of hydrogen-bond donors (Lipinski definition) is 2. The first kappa shape index (κ1) is 15.3. The molecule has 0 aliphatic heterocycles. The number of aliphatic carboxylic acids is 1. The van der Waals surface area contributed by atoms with Gasteiger partial charge in [0.25, 0.3) is 0 Å². The molecule has 0 atom stereocenters. The highest BCUT2D eigenvalue weighted by molar-refractivity contribution is 5.94. The van der Waals surface area contributed by atoms with Crippen molar-refractivity contribution in [2.75, 3.05) is 5.32 Å². The molecule has 0 radical (unpaired) electrons. The van der Waals surface area contributed by atoms with Crippen LogP contribution in [0.15, 0.2) is 12.1 Å². The van der Waals surface area contributed by atoms with E-state index >= 15 is 0 Å². The van der Waals surface area contributed by atoms with E-state index in [0.717, 1.165) is 0 Å². The maximum absolute atomic E-state index is 13.4. The number of benzene rings is 1. The molecule has 114 valence electrons. The van der Waals surface area contributed by atoms with E-state index in [-0.39, 0.29) is 6.42 Å². The van der Waals surface area contributed by atoms with E-state index in [0.29, 0.717) is 37.8 Å². The molecule has 21 heavy (non-hydrogen) atoms. The van der Waals surface area contributed by atoms with Crippen LogP contribution in [0.3, 0.4) is 0 Å². The van der Waals surface area contributed by atoms with E-state index in [1.165, 1.54) is 0 Å². The summed E-state index contributed by atoms with van der Waals surface area (Å²) in [4.78, 5) is 23.2. The van der Waals surface area contributed by atoms with Gasteiger partial charge in [-0.3, -0.25) is 9.59 Å². The first-order chi connectivity index (χ1) is 9.84. The molecule has 1 saturated carbocycles. The fourth-order valence-electron chi connectivity index (χ4n) is 2.64. The molecule has 0 unspecified atom stereocenters. The van der Waals surface area contributed by atoms with Gasteiger partial charge < -0.3 is 10.4 Å². The van der Waals surface area contributed by atoms with Crippen LogP contribution in [0, 0.1) is 22.9 Å². The van der Waals surface area contributed by atoms with Crippen LogP contribution in [0.2, 0.25) is 0 Å². The smallest absolute Gasteiger partial charge is 0.310 e. The monoisotopic (exact) mass is 301 g/mol. The van der Waals surface area contributed by atoms with E-state index in [9.17, 15) is 27.9 Å². The molecule has 2 rings (SSSR count). The van der Waals surface area contributed by atoms with Gasteiger partial charge >= 0.3 is 5.97 Å². The van der Waals surface area contributed by atoms with Gasteiger partial charge in [-0.2, -0.15) is 0 Å². The van der Waals surface area contributed by atoms with Crippen LogP contribution in [0.5, 0.6) is 0 Å². The molecule has 1 fully saturated rings. The number of carbonyl (C=O) groups excluding carboxylic acids is 1. The molecule has 1 aromatic rings. The maximum atomic E-state index is 13.4. The molecule has 0 bridgehead atoms. The number of carbonyl (C=O) groups is 2. The summed E-state index contributed by atoms with van der Waals surface area (Å²) in [6.45, 7) is 0. The normalized spacial score (nSPS) is 16.7. The number of anilines is 1. The molecule has 1 aliphatic carbocycles. The first-order valence-electron chi connectivity index (χ1n) is 6.52. The minimum absolute atomic E-state index is 0.319. The summed E-state index contributed by atoms with van der Waals surface area (Å²) in [5.74, 6) is -5.56. The lowest BCUT2D eigenvalue weighted by Crippen LogP contribution is -2.32. The van der Waals surface area contributed by atoms with Gasteiger partial charge in [0.15, 0.2) is 11.6 Å². The second-order valence-corrected chi connectivity index (χ2v) is 5.26. The fraction of sp³-hybridized carbons (Fsp3) is 0.429. The summed E-state index contributed by atoms with van der Waals surface area (Å²) in [7, 11) is 0. The Balaban J connectivity index is 2.12. The number of halogens is 3. The van der Waals surface area contributed by atoms with Crippen LogP contribution in [0.4, 0.5) is 18.9 Å². The van der Waals surface area contributed by atoms with Crippen LogP contribution >= 0.6 is 0 Å². The predicted molar refractivity (Wildman–Crippen MR) is 68.1 cm³/mol. The number of rotatable bonds is 4. The number of nitrogens with one attached hydrogen (secondary N) is 1. The summed E-state index contributed by atoms with van der Waals surface area (Å²) in [5.41, 5.74) is -1.66. The Labute approximate surface area is 119 Å². The molecule has 0 saturated heterocycles. The van der Waals surface area contributed by atoms with Crippen LogP contribution in [-0.2, 0) is 9.59 Å². The van der Waals surface area contributed by atoms with E-state index in [4.69, 9.17) is 0 Å². The zero-order chi connectivity index (χ0) is 15.6. The van der Waals surface area contributed by atoms with Crippen LogP contribution in [-0.4, -0.2) is 17.0 Å². The lowest BCUT2D eigenvalue weighted by atomic mass is 9.82. The summed E-state index contributed by atoms with van der Waals surface area (Å²) < 4.78 is 39.2. The van der Waals surface area contributed by atoms with Crippen LogP contribution < -0.4 is 5.32 Å². The highest BCUT2D eigenvalue weighted by atomic mass is 19.2. The Morgan fingerprint density at radius 1 is 1.10 bits per heavy atom.